The standard InChI is InChI=1S/C19H22N2O/c1-2-4-15(5-3-1)14-22-19-8-6-18(7-9-19)21-12-16-10-20-11-17(16)13-21/h1-9,16-17,20H,10-14H2. The van der Waals surface area contributed by atoms with Gasteiger partial charge in [0, 0.05) is 31.9 Å². The van der Waals surface area contributed by atoms with Crippen molar-refractivity contribution in [2.45, 2.75) is 6.61 Å². The Morgan fingerprint density at radius 1 is 0.909 bits per heavy atom. The summed E-state index contributed by atoms with van der Waals surface area (Å²) in [4.78, 5) is 2.51. The fourth-order valence-electron chi connectivity index (χ4n) is 3.56. The molecule has 0 spiro atoms. The Bertz CT molecular complexity index is 599. The molecule has 0 aliphatic carbocycles. The zero-order chi connectivity index (χ0) is 14.8. The van der Waals surface area contributed by atoms with Gasteiger partial charge in [0.2, 0.25) is 0 Å². The van der Waals surface area contributed by atoms with Gasteiger partial charge in [0.05, 0.1) is 0 Å². The van der Waals surface area contributed by atoms with Gasteiger partial charge in [0.25, 0.3) is 0 Å². The summed E-state index contributed by atoms with van der Waals surface area (Å²) in [6, 6.07) is 18.8. The third kappa shape index (κ3) is 2.81. The van der Waals surface area contributed by atoms with Crippen LogP contribution in [0.15, 0.2) is 54.6 Å². The molecule has 4 rings (SSSR count). The molecule has 0 bridgehead atoms. The number of hydrogen-bond acceptors (Lipinski definition) is 3. The van der Waals surface area contributed by atoms with Crippen molar-refractivity contribution in [1.29, 1.82) is 0 Å². The molecule has 0 radical (unpaired) electrons. The highest BCUT2D eigenvalue weighted by atomic mass is 16.5. The van der Waals surface area contributed by atoms with Crippen LogP contribution in [0.2, 0.25) is 0 Å². The van der Waals surface area contributed by atoms with Gasteiger partial charge in [-0.2, -0.15) is 0 Å². The molecule has 1 N–H and O–H groups in total. The maximum atomic E-state index is 5.86. The molecule has 2 aromatic rings. The molecule has 0 aromatic heterocycles. The first-order valence-corrected chi connectivity index (χ1v) is 8.11. The van der Waals surface area contributed by atoms with Gasteiger partial charge >= 0.3 is 0 Å². The number of hydrogen-bond donors (Lipinski definition) is 1. The molecule has 0 amide bonds. The molecule has 22 heavy (non-hydrogen) atoms. The van der Waals surface area contributed by atoms with Crippen LogP contribution < -0.4 is 15.0 Å². The Labute approximate surface area is 131 Å². The molecule has 2 aromatic carbocycles. The summed E-state index contributed by atoms with van der Waals surface area (Å²) < 4.78 is 5.86. The average Bonchev–Trinajstić information content (AvgIpc) is 3.16. The zero-order valence-corrected chi connectivity index (χ0v) is 12.7. The Kier molecular flexibility index (Phi) is 3.73. The lowest BCUT2D eigenvalue weighted by molar-refractivity contribution is 0.306. The van der Waals surface area contributed by atoms with Gasteiger partial charge in [-0.05, 0) is 41.7 Å². The van der Waals surface area contributed by atoms with Crippen LogP contribution in [0.25, 0.3) is 0 Å². The van der Waals surface area contributed by atoms with E-state index in [2.05, 4.69) is 46.6 Å². The van der Waals surface area contributed by atoms with Gasteiger partial charge in [0.15, 0.2) is 0 Å². The van der Waals surface area contributed by atoms with Crippen LogP contribution in [-0.2, 0) is 6.61 Å². The minimum atomic E-state index is 0.625. The third-order valence-electron chi connectivity index (χ3n) is 4.84. The molecule has 2 aliphatic heterocycles. The lowest BCUT2D eigenvalue weighted by Gasteiger charge is -2.20. The van der Waals surface area contributed by atoms with E-state index >= 15 is 0 Å². The van der Waals surface area contributed by atoms with Crippen molar-refractivity contribution < 1.29 is 4.74 Å². The molecule has 3 heteroatoms. The van der Waals surface area contributed by atoms with Crippen LogP contribution in [0.3, 0.4) is 0 Å². The van der Waals surface area contributed by atoms with Crippen molar-refractivity contribution in [3.8, 4) is 5.75 Å². The predicted molar refractivity (Wildman–Crippen MR) is 89.3 cm³/mol. The number of nitrogens with one attached hydrogen (secondary N) is 1. The van der Waals surface area contributed by atoms with E-state index in [0.29, 0.717) is 6.61 Å². The summed E-state index contributed by atoms with van der Waals surface area (Å²) >= 11 is 0. The van der Waals surface area contributed by atoms with Gasteiger partial charge in [-0.25, -0.2) is 0 Å². The van der Waals surface area contributed by atoms with E-state index < -0.39 is 0 Å². The van der Waals surface area contributed by atoms with Crippen LogP contribution >= 0.6 is 0 Å². The molecule has 2 fully saturated rings. The van der Waals surface area contributed by atoms with Gasteiger partial charge in [-0.15, -0.1) is 0 Å². The van der Waals surface area contributed by atoms with Crippen LogP contribution in [0.1, 0.15) is 5.56 Å². The molecule has 2 saturated heterocycles. The molecule has 0 saturated carbocycles. The number of fused-ring (bicyclic) bond motifs is 1. The van der Waals surface area contributed by atoms with Crippen molar-refractivity contribution in [2.75, 3.05) is 31.1 Å². The second-order valence-electron chi connectivity index (χ2n) is 6.35. The largest absolute Gasteiger partial charge is 0.489 e. The number of anilines is 1. The lowest BCUT2D eigenvalue weighted by Crippen LogP contribution is -2.25. The summed E-state index contributed by atoms with van der Waals surface area (Å²) in [5.41, 5.74) is 2.52. The summed E-state index contributed by atoms with van der Waals surface area (Å²) in [5, 5.41) is 3.49. The quantitative estimate of drug-likeness (QED) is 0.938. The smallest absolute Gasteiger partial charge is 0.119 e. The first-order valence-electron chi connectivity index (χ1n) is 8.11. The molecule has 2 heterocycles. The van der Waals surface area contributed by atoms with E-state index in [0.717, 1.165) is 17.6 Å². The predicted octanol–water partition coefficient (Wildman–Crippen LogP) is 2.92. The highest BCUT2D eigenvalue weighted by Gasteiger charge is 2.35. The molecule has 2 atom stereocenters. The van der Waals surface area contributed by atoms with E-state index in [1.54, 1.807) is 0 Å². The summed E-state index contributed by atoms with van der Waals surface area (Å²) in [5.74, 6) is 2.59. The van der Waals surface area contributed by atoms with E-state index in [4.69, 9.17) is 4.74 Å². The molecule has 2 unspecified atom stereocenters. The topological polar surface area (TPSA) is 24.5 Å². The van der Waals surface area contributed by atoms with Crippen molar-refractivity contribution in [2.24, 2.45) is 11.8 Å². The number of nitrogens with zero attached hydrogens (tertiary/aromatic N) is 1. The van der Waals surface area contributed by atoms with Crippen molar-refractivity contribution in [1.82, 2.24) is 5.32 Å². The van der Waals surface area contributed by atoms with E-state index in [1.165, 1.54) is 37.4 Å². The summed E-state index contributed by atoms with van der Waals surface area (Å²) in [6.45, 7) is 5.35. The monoisotopic (exact) mass is 294 g/mol. The van der Waals surface area contributed by atoms with Crippen LogP contribution in [0.5, 0.6) is 5.75 Å². The van der Waals surface area contributed by atoms with Crippen molar-refractivity contribution in [3.63, 3.8) is 0 Å². The van der Waals surface area contributed by atoms with Crippen molar-refractivity contribution in [3.05, 3.63) is 60.2 Å². The Hall–Kier alpha value is -2.00. The Morgan fingerprint density at radius 3 is 2.27 bits per heavy atom. The van der Waals surface area contributed by atoms with Crippen LogP contribution in [0.4, 0.5) is 5.69 Å². The van der Waals surface area contributed by atoms with E-state index in [-0.39, 0.29) is 0 Å². The maximum absolute atomic E-state index is 5.86. The van der Waals surface area contributed by atoms with E-state index in [9.17, 15) is 0 Å². The van der Waals surface area contributed by atoms with Gasteiger partial charge < -0.3 is 15.0 Å². The first-order chi connectivity index (χ1) is 10.9. The van der Waals surface area contributed by atoms with Crippen LogP contribution in [0, 0.1) is 11.8 Å². The number of benzene rings is 2. The van der Waals surface area contributed by atoms with Crippen molar-refractivity contribution >= 4 is 5.69 Å². The second kappa shape index (κ2) is 6.01. The molecule has 114 valence electrons. The van der Waals surface area contributed by atoms with E-state index in [1.807, 2.05) is 18.2 Å². The Morgan fingerprint density at radius 2 is 1.59 bits per heavy atom. The normalized spacial score (nSPS) is 23.5. The zero-order valence-electron chi connectivity index (χ0n) is 12.7. The SMILES string of the molecule is c1ccc(COc2ccc(N3CC4CNCC4C3)cc2)cc1. The summed E-state index contributed by atoms with van der Waals surface area (Å²) in [7, 11) is 0. The molecular formula is C19H22N2O. The minimum absolute atomic E-state index is 0.625. The summed E-state index contributed by atoms with van der Waals surface area (Å²) in [6.07, 6.45) is 0. The highest BCUT2D eigenvalue weighted by Crippen LogP contribution is 2.31. The average molecular weight is 294 g/mol. The maximum Gasteiger partial charge on any atom is 0.119 e. The van der Waals surface area contributed by atoms with Crippen LogP contribution in [-0.4, -0.2) is 26.2 Å². The molecule has 3 nitrogen and oxygen atoms in total. The minimum Gasteiger partial charge on any atom is -0.489 e. The molecule has 2 aliphatic rings. The molecular weight excluding hydrogens is 272 g/mol. The first kappa shape index (κ1) is 13.6. The second-order valence-corrected chi connectivity index (χ2v) is 6.35. The Balaban J connectivity index is 1.37. The number of rotatable bonds is 4. The third-order valence-corrected chi connectivity index (χ3v) is 4.84. The van der Waals surface area contributed by atoms with Gasteiger partial charge in [-0.1, -0.05) is 30.3 Å². The fraction of sp³-hybridized carbons (Fsp3) is 0.368. The van der Waals surface area contributed by atoms with Gasteiger partial charge in [0.1, 0.15) is 12.4 Å². The lowest BCUT2D eigenvalue weighted by atomic mass is 10.0. The number of ether oxygens (including phenoxy) is 1. The highest BCUT2D eigenvalue weighted by molar-refractivity contribution is 5.50. The van der Waals surface area contributed by atoms with Gasteiger partial charge in [-0.3, -0.25) is 0 Å². The fourth-order valence-corrected chi connectivity index (χ4v) is 3.56.